The zero-order chi connectivity index (χ0) is 22.5. The highest BCUT2D eigenvalue weighted by atomic mass is 35.5. The van der Waals surface area contributed by atoms with Crippen LogP contribution in [0.25, 0.3) is 0 Å². The van der Waals surface area contributed by atoms with Gasteiger partial charge < -0.3 is 15.4 Å². The largest absolute Gasteiger partial charge is 0.465 e. The molecule has 1 heterocycles. The second-order valence-corrected chi connectivity index (χ2v) is 7.20. The number of hydrogen-bond acceptors (Lipinski definition) is 6. The van der Waals surface area contributed by atoms with Crippen molar-refractivity contribution in [1.29, 1.82) is 0 Å². The molecule has 0 saturated heterocycles. The standard InChI is InChI=1S/C20H17Cl2N5O4/c1-11-18(19(29)24-14-7-8-15(21)16(22)9-14)25-26-27(11)10-17(28)23-13-5-3-12(4-6-13)20(30)31-2/h3-9H,10H2,1-2H3,(H,23,28)(H,24,29). The van der Waals surface area contributed by atoms with Gasteiger partial charge in [0.05, 0.1) is 28.4 Å². The second-order valence-electron chi connectivity index (χ2n) is 6.38. The first-order chi connectivity index (χ1) is 14.8. The Labute approximate surface area is 187 Å². The summed E-state index contributed by atoms with van der Waals surface area (Å²) < 4.78 is 5.94. The zero-order valence-corrected chi connectivity index (χ0v) is 18.0. The van der Waals surface area contributed by atoms with Crippen LogP contribution in [-0.2, 0) is 16.1 Å². The molecular formula is C20H17Cl2N5O4. The van der Waals surface area contributed by atoms with E-state index in [1.807, 2.05) is 0 Å². The fourth-order valence-electron chi connectivity index (χ4n) is 2.63. The molecule has 160 valence electrons. The van der Waals surface area contributed by atoms with Gasteiger partial charge in [0.25, 0.3) is 5.91 Å². The molecule has 11 heteroatoms. The number of nitrogens with one attached hydrogen (secondary N) is 2. The molecule has 2 N–H and O–H groups in total. The van der Waals surface area contributed by atoms with Crippen LogP contribution >= 0.6 is 23.2 Å². The van der Waals surface area contributed by atoms with Crippen LogP contribution in [0.1, 0.15) is 26.5 Å². The van der Waals surface area contributed by atoms with Gasteiger partial charge >= 0.3 is 5.97 Å². The van der Waals surface area contributed by atoms with Crippen molar-refractivity contribution in [2.45, 2.75) is 13.5 Å². The first kappa shape index (κ1) is 22.3. The van der Waals surface area contributed by atoms with Crippen LogP contribution in [0.4, 0.5) is 11.4 Å². The van der Waals surface area contributed by atoms with Crippen molar-refractivity contribution in [2.24, 2.45) is 0 Å². The molecule has 0 radical (unpaired) electrons. The van der Waals surface area contributed by atoms with E-state index in [1.54, 1.807) is 31.2 Å². The minimum Gasteiger partial charge on any atom is -0.465 e. The van der Waals surface area contributed by atoms with E-state index in [1.165, 1.54) is 30.0 Å². The molecule has 0 saturated carbocycles. The van der Waals surface area contributed by atoms with Crippen molar-refractivity contribution in [3.63, 3.8) is 0 Å². The van der Waals surface area contributed by atoms with Crippen molar-refractivity contribution in [3.05, 3.63) is 69.5 Å². The van der Waals surface area contributed by atoms with E-state index in [4.69, 9.17) is 23.2 Å². The van der Waals surface area contributed by atoms with Gasteiger partial charge in [-0.2, -0.15) is 0 Å². The summed E-state index contributed by atoms with van der Waals surface area (Å²) in [5.41, 5.74) is 1.79. The number of carbonyl (C=O) groups is 3. The average Bonchev–Trinajstić information content (AvgIpc) is 3.10. The van der Waals surface area contributed by atoms with Crippen LogP contribution in [0.5, 0.6) is 0 Å². The van der Waals surface area contributed by atoms with Gasteiger partial charge in [-0.3, -0.25) is 9.59 Å². The highest BCUT2D eigenvalue weighted by Gasteiger charge is 2.18. The van der Waals surface area contributed by atoms with Gasteiger partial charge in [0.2, 0.25) is 5.91 Å². The first-order valence-corrected chi connectivity index (χ1v) is 9.69. The smallest absolute Gasteiger partial charge is 0.337 e. The number of halogens is 2. The SMILES string of the molecule is COC(=O)c1ccc(NC(=O)Cn2nnc(C(=O)Nc3ccc(Cl)c(Cl)c3)c2C)cc1. The molecule has 9 nitrogen and oxygen atoms in total. The number of nitrogens with zero attached hydrogens (tertiary/aromatic N) is 3. The third kappa shape index (κ3) is 5.39. The van der Waals surface area contributed by atoms with E-state index in [-0.39, 0.29) is 18.1 Å². The van der Waals surface area contributed by atoms with E-state index in [0.29, 0.717) is 32.7 Å². The number of esters is 1. The molecule has 0 aliphatic heterocycles. The van der Waals surface area contributed by atoms with E-state index in [0.717, 1.165) is 0 Å². The van der Waals surface area contributed by atoms with Gasteiger partial charge in [-0.25, -0.2) is 9.48 Å². The lowest BCUT2D eigenvalue weighted by Gasteiger charge is -2.08. The third-order valence-corrected chi connectivity index (χ3v) is 5.00. The molecule has 0 aliphatic rings. The van der Waals surface area contributed by atoms with Crippen LogP contribution < -0.4 is 10.6 Å². The Hall–Kier alpha value is -3.43. The molecule has 0 atom stereocenters. The number of aromatic nitrogens is 3. The molecule has 2 aromatic carbocycles. The quantitative estimate of drug-likeness (QED) is 0.542. The predicted molar refractivity (Wildman–Crippen MR) is 116 cm³/mol. The van der Waals surface area contributed by atoms with E-state index in [2.05, 4.69) is 25.7 Å². The molecule has 3 aromatic rings. The molecule has 31 heavy (non-hydrogen) atoms. The molecule has 0 unspecified atom stereocenters. The number of anilines is 2. The molecule has 1 aromatic heterocycles. The number of hydrogen-bond donors (Lipinski definition) is 2. The fraction of sp³-hybridized carbons (Fsp3) is 0.150. The Morgan fingerprint density at radius 1 is 1.00 bits per heavy atom. The van der Waals surface area contributed by atoms with Gasteiger partial charge in [0, 0.05) is 11.4 Å². The Bertz CT molecular complexity index is 1140. The summed E-state index contributed by atoms with van der Waals surface area (Å²) in [6, 6.07) is 10.9. The van der Waals surface area contributed by atoms with Gasteiger partial charge in [0.15, 0.2) is 5.69 Å². The average molecular weight is 462 g/mol. The first-order valence-electron chi connectivity index (χ1n) is 8.93. The number of carbonyl (C=O) groups excluding carboxylic acids is 3. The Kier molecular flexibility index (Phi) is 6.88. The van der Waals surface area contributed by atoms with Gasteiger partial charge in [-0.15, -0.1) is 5.10 Å². The Morgan fingerprint density at radius 3 is 2.32 bits per heavy atom. The van der Waals surface area contributed by atoms with Crippen molar-refractivity contribution in [1.82, 2.24) is 15.0 Å². The highest BCUT2D eigenvalue weighted by Crippen LogP contribution is 2.25. The monoisotopic (exact) mass is 461 g/mol. The Morgan fingerprint density at radius 2 is 1.68 bits per heavy atom. The molecule has 0 aliphatic carbocycles. The summed E-state index contributed by atoms with van der Waals surface area (Å²) in [7, 11) is 1.29. The summed E-state index contributed by atoms with van der Waals surface area (Å²) in [5.74, 6) is -1.35. The topological polar surface area (TPSA) is 115 Å². The molecule has 2 amide bonds. The number of rotatable bonds is 6. The highest BCUT2D eigenvalue weighted by molar-refractivity contribution is 6.42. The Balaban J connectivity index is 1.64. The van der Waals surface area contributed by atoms with Crippen molar-refractivity contribution < 1.29 is 19.1 Å². The van der Waals surface area contributed by atoms with Crippen molar-refractivity contribution in [2.75, 3.05) is 17.7 Å². The summed E-state index contributed by atoms with van der Waals surface area (Å²) in [5, 5.41) is 13.8. The summed E-state index contributed by atoms with van der Waals surface area (Å²) in [6.07, 6.45) is 0. The van der Waals surface area contributed by atoms with Crippen LogP contribution in [0, 0.1) is 6.92 Å². The number of benzene rings is 2. The van der Waals surface area contributed by atoms with Gasteiger partial charge in [-0.05, 0) is 49.4 Å². The van der Waals surface area contributed by atoms with Gasteiger partial charge in [-0.1, -0.05) is 28.4 Å². The van der Waals surface area contributed by atoms with Crippen LogP contribution in [0.15, 0.2) is 42.5 Å². The normalized spacial score (nSPS) is 10.5. The molecule has 0 fully saturated rings. The van der Waals surface area contributed by atoms with Crippen LogP contribution in [0.2, 0.25) is 10.0 Å². The third-order valence-electron chi connectivity index (χ3n) is 4.26. The lowest BCUT2D eigenvalue weighted by atomic mass is 10.2. The van der Waals surface area contributed by atoms with Crippen LogP contribution in [-0.4, -0.2) is 39.9 Å². The molecular weight excluding hydrogens is 445 g/mol. The maximum absolute atomic E-state index is 12.5. The molecule has 0 bridgehead atoms. The fourth-order valence-corrected chi connectivity index (χ4v) is 2.93. The van der Waals surface area contributed by atoms with E-state index >= 15 is 0 Å². The summed E-state index contributed by atoms with van der Waals surface area (Å²) in [6.45, 7) is 1.47. The van der Waals surface area contributed by atoms with Crippen molar-refractivity contribution >= 4 is 52.4 Å². The van der Waals surface area contributed by atoms with E-state index in [9.17, 15) is 14.4 Å². The minimum atomic E-state index is -0.499. The van der Waals surface area contributed by atoms with Crippen molar-refractivity contribution in [3.8, 4) is 0 Å². The molecule has 0 spiro atoms. The zero-order valence-electron chi connectivity index (χ0n) is 16.5. The second kappa shape index (κ2) is 9.59. The lowest BCUT2D eigenvalue weighted by molar-refractivity contribution is -0.117. The molecule has 3 rings (SSSR count). The van der Waals surface area contributed by atoms with Crippen LogP contribution in [0.3, 0.4) is 0 Å². The summed E-state index contributed by atoms with van der Waals surface area (Å²) >= 11 is 11.8. The maximum Gasteiger partial charge on any atom is 0.337 e. The van der Waals surface area contributed by atoms with Gasteiger partial charge in [0.1, 0.15) is 6.54 Å². The number of ether oxygens (including phenoxy) is 1. The summed E-state index contributed by atoms with van der Waals surface area (Å²) in [4.78, 5) is 36.3. The number of amides is 2. The van der Waals surface area contributed by atoms with E-state index < -0.39 is 11.9 Å². The predicted octanol–water partition coefficient (Wildman–Crippen LogP) is 3.57. The lowest BCUT2D eigenvalue weighted by Crippen LogP contribution is -2.21. The maximum atomic E-state index is 12.5. The number of methoxy groups -OCH3 is 1. The minimum absolute atomic E-state index is 0.0707.